The van der Waals surface area contributed by atoms with Gasteiger partial charge in [-0.15, -0.1) is 0 Å². The second-order valence-electron chi connectivity index (χ2n) is 5.52. The van der Waals surface area contributed by atoms with E-state index in [9.17, 15) is 0 Å². The molecule has 2 aromatic carbocycles. The molecule has 0 radical (unpaired) electrons. The van der Waals surface area contributed by atoms with Crippen LogP contribution in [0.15, 0.2) is 60.7 Å². The first-order valence-electron chi connectivity index (χ1n) is 8.22. The smallest absolute Gasteiger partial charge is 0.146 e. The molecule has 1 atom stereocenters. The maximum absolute atomic E-state index is 5.76. The zero-order chi connectivity index (χ0) is 16.9. The molecule has 0 heterocycles. The number of hydrogen-bond acceptors (Lipinski definition) is 4. The van der Waals surface area contributed by atoms with Gasteiger partial charge in [-0.1, -0.05) is 60.7 Å². The predicted octanol–water partition coefficient (Wildman–Crippen LogP) is 3.80. The highest BCUT2D eigenvalue weighted by atomic mass is 16.7. The third-order valence-electron chi connectivity index (χ3n) is 3.53. The summed E-state index contributed by atoms with van der Waals surface area (Å²) in [6.07, 6.45) is 0.731. The Morgan fingerprint density at radius 2 is 1.38 bits per heavy atom. The molecule has 0 aliphatic carbocycles. The van der Waals surface area contributed by atoms with Gasteiger partial charge in [0.1, 0.15) is 6.79 Å². The Hall–Kier alpha value is -1.72. The molecule has 4 heteroatoms. The minimum Gasteiger partial charge on any atom is -0.377 e. The maximum Gasteiger partial charge on any atom is 0.146 e. The van der Waals surface area contributed by atoms with Gasteiger partial charge in [-0.05, 0) is 17.5 Å². The highest BCUT2D eigenvalue weighted by Gasteiger charge is 2.10. The van der Waals surface area contributed by atoms with Crippen LogP contribution in [0, 0.1) is 0 Å². The first kappa shape index (κ1) is 18.6. The summed E-state index contributed by atoms with van der Waals surface area (Å²) < 4.78 is 22.1. The Morgan fingerprint density at radius 3 is 1.96 bits per heavy atom. The highest BCUT2D eigenvalue weighted by molar-refractivity contribution is 5.14. The molecular weight excluding hydrogens is 304 g/mol. The zero-order valence-corrected chi connectivity index (χ0v) is 14.2. The number of hydrogen-bond donors (Lipinski definition) is 0. The van der Waals surface area contributed by atoms with Crippen LogP contribution in [0.4, 0.5) is 0 Å². The van der Waals surface area contributed by atoms with Crippen molar-refractivity contribution in [2.24, 2.45) is 0 Å². The van der Waals surface area contributed by atoms with Crippen molar-refractivity contribution in [2.45, 2.75) is 25.7 Å². The lowest BCUT2D eigenvalue weighted by Gasteiger charge is -2.17. The topological polar surface area (TPSA) is 36.9 Å². The van der Waals surface area contributed by atoms with Gasteiger partial charge >= 0.3 is 0 Å². The first-order valence-corrected chi connectivity index (χ1v) is 8.22. The van der Waals surface area contributed by atoms with Crippen LogP contribution in [-0.4, -0.2) is 33.2 Å². The molecule has 0 fully saturated rings. The molecule has 130 valence electrons. The monoisotopic (exact) mass is 330 g/mol. The van der Waals surface area contributed by atoms with E-state index in [1.54, 1.807) is 7.11 Å². The Labute approximate surface area is 144 Å². The number of ether oxygens (including phenoxy) is 4. The fraction of sp³-hybridized carbons (Fsp3) is 0.400. The average Bonchev–Trinajstić information content (AvgIpc) is 2.64. The van der Waals surface area contributed by atoms with Crippen LogP contribution in [0.25, 0.3) is 0 Å². The molecule has 0 aliphatic rings. The summed E-state index contributed by atoms with van der Waals surface area (Å²) in [5.41, 5.74) is 2.33. The van der Waals surface area contributed by atoms with E-state index in [1.165, 1.54) is 5.56 Å². The lowest BCUT2D eigenvalue weighted by atomic mass is 10.2. The summed E-state index contributed by atoms with van der Waals surface area (Å²) in [7, 11) is 1.62. The summed E-state index contributed by atoms with van der Waals surface area (Å²) in [4.78, 5) is 0. The van der Waals surface area contributed by atoms with Gasteiger partial charge in [0, 0.05) is 13.7 Å². The van der Waals surface area contributed by atoms with E-state index >= 15 is 0 Å². The van der Waals surface area contributed by atoms with Gasteiger partial charge in [0.05, 0.1) is 25.9 Å². The fourth-order valence-corrected chi connectivity index (χ4v) is 2.24. The van der Waals surface area contributed by atoms with Crippen molar-refractivity contribution in [3.8, 4) is 0 Å². The lowest BCUT2D eigenvalue weighted by molar-refractivity contribution is -0.107. The van der Waals surface area contributed by atoms with Crippen molar-refractivity contribution in [3.63, 3.8) is 0 Å². The summed E-state index contributed by atoms with van der Waals surface area (Å²) in [5.74, 6) is 0. The van der Waals surface area contributed by atoms with Crippen molar-refractivity contribution in [3.05, 3.63) is 71.8 Å². The maximum atomic E-state index is 5.76. The molecule has 1 unspecified atom stereocenters. The van der Waals surface area contributed by atoms with Gasteiger partial charge in [-0.3, -0.25) is 0 Å². The van der Waals surface area contributed by atoms with Crippen LogP contribution < -0.4 is 0 Å². The van der Waals surface area contributed by atoms with Crippen LogP contribution in [0.3, 0.4) is 0 Å². The molecule has 4 nitrogen and oxygen atoms in total. The molecule has 24 heavy (non-hydrogen) atoms. The van der Waals surface area contributed by atoms with E-state index in [-0.39, 0.29) is 12.9 Å². The Bertz CT molecular complexity index is 530. The van der Waals surface area contributed by atoms with Gasteiger partial charge in [0.2, 0.25) is 0 Å². The largest absolute Gasteiger partial charge is 0.377 e. The molecule has 0 aromatic heterocycles. The summed E-state index contributed by atoms with van der Waals surface area (Å²) in [6, 6.07) is 20.3. The van der Waals surface area contributed by atoms with E-state index in [0.29, 0.717) is 26.4 Å². The molecule has 0 saturated heterocycles. The second-order valence-corrected chi connectivity index (χ2v) is 5.52. The number of methoxy groups -OCH3 is 1. The van der Waals surface area contributed by atoms with Gasteiger partial charge in [-0.2, -0.15) is 0 Å². The van der Waals surface area contributed by atoms with E-state index in [0.717, 1.165) is 12.0 Å². The third kappa shape index (κ3) is 7.70. The van der Waals surface area contributed by atoms with Gasteiger partial charge < -0.3 is 18.9 Å². The standard InChI is InChI=1S/C20H26O4/c1-21-17-24-20(16-23-15-19-10-6-3-7-11-19)12-13-22-14-18-8-4-2-5-9-18/h2-11,20H,12-17H2,1H3. The lowest BCUT2D eigenvalue weighted by Crippen LogP contribution is -2.23. The van der Waals surface area contributed by atoms with Crippen LogP contribution in [0.5, 0.6) is 0 Å². The molecule has 2 rings (SSSR count). The van der Waals surface area contributed by atoms with Crippen LogP contribution >= 0.6 is 0 Å². The second kappa shape index (κ2) is 11.8. The normalized spacial score (nSPS) is 12.2. The predicted molar refractivity (Wildman–Crippen MR) is 93.6 cm³/mol. The molecule has 0 N–H and O–H groups in total. The molecular formula is C20H26O4. The van der Waals surface area contributed by atoms with E-state index in [4.69, 9.17) is 18.9 Å². The zero-order valence-electron chi connectivity index (χ0n) is 14.2. The van der Waals surface area contributed by atoms with E-state index in [1.807, 2.05) is 48.5 Å². The van der Waals surface area contributed by atoms with Crippen LogP contribution in [0.1, 0.15) is 17.5 Å². The summed E-state index contributed by atoms with van der Waals surface area (Å²) in [6.45, 7) is 2.60. The van der Waals surface area contributed by atoms with Crippen molar-refractivity contribution in [1.82, 2.24) is 0 Å². The molecule has 0 bridgehead atoms. The minimum atomic E-state index is -0.0376. The van der Waals surface area contributed by atoms with Gasteiger partial charge in [-0.25, -0.2) is 0 Å². The molecule has 0 aliphatic heterocycles. The molecule has 2 aromatic rings. The van der Waals surface area contributed by atoms with Crippen molar-refractivity contribution < 1.29 is 18.9 Å². The highest BCUT2D eigenvalue weighted by Crippen LogP contribution is 2.07. The Balaban J connectivity index is 1.65. The van der Waals surface area contributed by atoms with Gasteiger partial charge in [0.25, 0.3) is 0 Å². The minimum absolute atomic E-state index is 0.0376. The third-order valence-corrected chi connectivity index (χ3v) is 3.53. The Kier molecular flexibility index (Phi) is 9.12. The van der Waals surface area contributed by atoms with Crippen LogP contribution in [0.2, 0.25) is 0 Å². The van der Waals surface area contributed by atoms with Gasteiger partial charge in [0.15, 0.2) is 0 Å². The summed E-state index contributed by atoms with van der Waals surface area (Å²) in [5, 5.41) is 0. The fourth-order valence-electron chi connectivity index (χ4n) is 2.24. The average molecular weight is 330 g/mol. The van der Waals surface area contributed by atoms with E-state index in [2.05, 4.69) is 12.1 Å². The molecule has 0 spiro atoms. The number of benzene rings is 2. The SMILES string of the molecule is COCOC(CCOCc1ccccc1)COCc1ccccc1. The Morgan fingerprint density at radius 1 is 0.792 bits per heavy atom. The van der Waals surface area contributed by atoms with Crippen molar-refractivity contribution in [2.75, 3.05) is 27.1 Å². The summed E-state index contributed by atoms with van der Waals surface area (Å²) >= 11 is 0. The number of rotatable bonds is 12. The van der Waals surface area contributed by atoms with Crippen LogP contribution in [-0.2, 0) is 32.2 Å². The molecule has 0 saturated carbocycles. The van der Waals surface area contributed by atoms with Crippen molar-refractivity contribution in [1.29, 1.82) is 0 Å². The van der Waals surface area contributed by atoms with Crippen molar-refractivity contribution >= 4 is 0 Å². The van der Waals surface area contributed by atoms with E-state index < -0.39 is 0 Å². The quantitative estimate of drug-likeness (QED) is 0.438. The molecule has 0 amide bonds. The first-order chi connectivity index (χ1) is 11.9.